The van der Waals surface area contributed by atoms with Crippen molar-refractivity contribution in [3.63, 3.8) is 0 Å². The Balaban J connectivity index is 1.46. The minimum Gasteiger partial charge on any atom is -0.494 e. The van der Waals surface area contributed by atoms with Gasteiger partial charge in [0.2, 0.25) is 0 Å². The smallest absolute Gasteiger partial charge is 0.341 e. The first-order chi connectivity index (χ1) is 17.4. The third-order valence-corrected chi connectivity index (χ3v) is 6.26. The van der Waals surface area contributed by atoms with Gasteiger partial charge in [-0.1, -0.05) is 12.1 Å². The number of amides is 3. The molecule has 0 aliphatic carbocycles. The van der Waals surface area contributed by atoms with E-state index in [1.807, 2.05) is 6.92 Å². The van der Waals surface area contributed by atoms with Gasteiger partial charge in [0, 0.05) is 4.88 Å². The second-order valence-corrected chi connectivity index (χ2v) is 8.80. The van der Waals surface area contributed by atoms with Gasteiger partial charge in [-0.2, -0.15) is 0 Å². The van der Waals surface area contributed by atoms with Crippen molar-refractivity contribution in [2.24, 2.45) is 0 Å². The van der Waals surface area contributed by atoms with Crippen LogP contribution in [0, 0.1) is 0 Å². The summed E-state index contributed by atoms with van der Waals surface area (Å²) in [6.45, 7) is 3.92. The van der Waals surface area contributed by atoms with Crippen LogP contribution in [-0.4, -0.2) is 48.4 Å². The van der Waals surface area contributed by atoms with Crippen molar-refractivity contribution in [2.75, 3.05) is 25.1 Å². The maximum absolute atomic E-state index is 12.7. The molecule has 0 radical (unpaired) electrons. The average molecular weight is 509 g/mol. The van der Waals surface area contributed by atoms with E-state index in [0.717, 1.165) is 16.2 Å². The molecule has 1 aliphatic heterocycles. The number of hydrogen-bond donors (Lipinski definition) is 1. The highest BCUT2D eigenvalue weighted by Crippen LogP contribution is 2.32. The van der Waals surface area contributed by atoms with Crippen LogP contribution in [0.5, 0.6) is 11.5 Å². The van der Waals surface area contributed by atoms with Crippen LogP contribution in [0.3, 0.4) is 0 Å². The Kier molecular flexibility index (Phi) is 7.65. The lowest BCUT2D eigenvalue weighted by Gasteiger charge is -2.12. The molecule has 1 N–H and O–H groups in total. The summed E-state index contributed by atoms with van der Waals surface area (Å²) in [4.78, 5) is 52.2. The van der Waals surface area contributed by atoms with E-state index in [0.29, 0.717) is 34.1 Å². The Morgan fingerprint density at radius 2 is 1.50 bits per heavy atom. The normalized spacial score (nSPS) is 12.3. The van der Waals surface area contributed by atoms with Crippen LogP contribution in [0.1, 0.15) is 49.8 Å². The molecule has 36 heavy (non-hydrogen) atoms. The molecule has 0 bridgehead atoms. The number of thiophene rings is 1. The fourth-order valence-corrected chi connectivity index (χ4v) is 4.67. The predicted octanol–water partition coefficient (Wildman–Crippen LogP) is 4.14. The molecule has 1 aromatic heterocycles. The number of carbonyl (C=O) groups excluding carboxylic acids is 4. The maximum Gasteiger partial charge on any atom is 0.341 e. The van der Waals surface area contributed by atoms with Crippen molar-refractivity contribution in [3.8, 4) is 11.5 Å². The van der Waals surface area contributed by atoms with E-state index < -0.39 is 23.7 Å². The van der Waals surface area contributed by atoms with E-state index in [1.54, 1.807) is 55.5 Å². The summed E-state index contributed by atoms with van der Waals surface area (Å²) in [5, 5.41) is 2.93. The van der Waals surface area contributed by atoms with Gasteiger partial charge < -0.3 is 19.5 Å². The SMILES string of the molecule is CCOC(=O)c1cc(CN2C(=O)c3ccccc3C2=O)sc1NC(=O)COc1ccc(OCC)cc1. The molecular weight excluding hydrogens is 484 g/mol. The fraction of sp³-hybridized carbons (Fsp3) is 0.231. The number of nitrogens with zero attached hydrogens (tertiary/aromatic N) is 1. The molecule has 2 heterocycles. The molecule has 0 atom stereocenters. The number of carbonyl (C=O) groups is 4. The van der Waals surface area contributed by atoms with Gasteiger partial charge in [-0.25, -0.2) is 4.79 Å². The van der Waals surface area contributed by atoms with Crippen molar-refractivity contribution in [1.29, 1.82) is 0 Å². The van der Waals surface area contributed by atoms with E-state index in [4.69, 9.17) is 14.2 Å². The monoisotopic (exact) mass is 508 g/mol. The summed E-state index contributed by atoms with van der Waals surface area (Å²) < 4.78 is 16.0. The lowest BCUT2D eigenvalue weighted by atomic mass is 10.1. The Labute approximate surface area is 211 Å². The first kappa shape index (κ1) is 24.9. The highest BCUT2D eigenvalue weighted by molar-refractivity contribution is 7.16. The van der Waals surface area contributed by atoms with Gasteiger partial charge in [0.05, 0.1) is 36.4 Å². The van der Waals surface area contributed by atoms with E-state index in [2.05, 4.69) is 5.32 Å². The number of rotatable bonds is 10. The zero-order valence-electron chi connectivity index (χ0n) is 19.7. The lowest BCUT2D eigenvalue weighted by Crippen LogP contribution is -2.28. The summed E-state index contributed by atoms with van der Waals surface area (Å²) in [7, 11) is 0. The van der Waals surface area contributed by atoms with Gasteiger partial charge in [-0.05, 0) is 56.3 Å². The fourth-order valence-electron chi connectivity index (χ4n) is 3.62. The molecule has 0 unspecified atom stereocenters. The van der Waals surface area contributed by atoms with E-state index in [-0.39, 0.29) is 30.3 Å². The van der Waals surface area contributed by atoms with Gasteiger partial charge in [0.15, 0.2) is 6.61 Å². The second kappa shape index (κ2) is 11.0. The third kappa shape index (κ3) is 5.38. The van der Waals surface area contributed by atoms with E-state index in [9.17, 15) is 19.2 Å². The Hall–Kier alpha value is -4.18. The van der Waals surface area contributed by atoms with Gasteiger partial charge in [0.25, 0.3) is 17.7 Å². The van der Waals surface area contributed by atoms with Crippen molar-refractivity contribution in [3.05, 3.63) is 76.2 Å². The van der Waals surface area contributed by atoms with Crippen LogP contribution < -0.4 is 14.8 Å². The summed E-state index contributed by atoms with van der Waals surface area (Å²) >= 11 is 1.09. The molecule has 0 saturated heterocycles. The molecule has 3 aromatic rings. The number of hydrogen-bond acceptors (Lipinski definition) is 8. The molecule has 0 spiro atoms. The minimum absolute atomic E-state index is 0.0397. The summed E-state index contributed by atoms with van der Waals surface area (Å²) in [6, 6.07) is 15.0. The van der Waals surface area contributed by atoms with E-state index in [1.165, 1.54) is 6.07 Å². The second-order valence-electron chi connectivity index (χ2n) is 7.66. The van der Waals surface area contributed by atoms with Crippen LogP contribution in [0.15, 0.2) is 54.6 Å². The van der Waals surface area contributed by atoms with Crippen molar-refractivity contribution in [1.82, 2.24) is 4.90 Å². The van der Waals surface area contributed by atoms with Crippen LogP contribution >= 0.6 is 11.3 Å². The predicted molar refractivity (Wildman–Crippen MR) is 133 cm³/mol. The molecule has 10 heteroatoms. The summed E-state index contributed by atoms with van der Waals surface area (Å²) in [5.74, 6) is -0.741. The standard InChI is InChI=1S/C26H24N2O7S/c1-3-33-16-9-11-17(12-10-16)35-15-22(29)27-23-21(26(32)34-4-2)13-18(36-23)14-28-24(30)19-7-5-6-8-20(19)25(28)31/h5-13H,3-4,14-15H2,1-2H3,(H,27,29). The first-order valence-corrected chi connectivity index (χ1v) is 12.1. The Morgan fingerprint density at radius 3 is 2.08 bits per heavy atom. The number of ether oxygens (including phenoxy) is 3. The van der Waals surface area contributed by atoms with Crippen LogP contribution in [0.2, 0.25) is 0 Å². The zero-order chi connectivity index (χ0) is 25.7. The molecule has 3 amide bonds. The van der Waals surface area contributed by atoms with Crippen LogP contribution in [0.25, 0.3) is 0 Å². The molecule has 2 aromatic carbocycles. The molecule has 0 fully saturated rings. The molecule has 4 rings (SSSR count). The van der Waals surface area contributed by atoms with Crippen molar-refractivity contribution < 1.29 is 33.4 Å². The number of nitrogens with one attached hydrogen (secondary N) is 1. The molecule has 186 valence electrons. The van der Waals surface area contributed by atoms with E-state index >= 15 is 0 Å². The lowest BCUT2D eigenvalue weighted by molar-refractivity contribution is -0.118. The topological polar surface area (TPSA) is 111 Å². The largest absolute Gasteiger partial charge is 0.494 e. The summed E-state index contributed by atoms with van der Waals surface area (Å²) in [6.07, 6.45) is 0. The maximum atomic E-state index is 12.7. The van der Waals surface area contributed by atoms with Crippen LogP contribution in [-0.2, 0) is 16.1 Å². The van der Waals surface area contributed by atoms with Gasteiger partial charge in [-0.15, -0.1) is 11.3 Å². The highest BCUT2D eigenvalue weighted by atomic mass is 32.1. The van der Waals surface area contributed by atoms with Gasteiger partial charge >= 0.3 is 5.97 Å². The van der Waals surface area contributed by atoms with Gasteiger partial charge in [-0.3, -0.25) is 19.3 Å². The molecule has 0 saturated carbocycles. The number of esters is 1. The van der Waals surface area contributed by atoms with Crippen LogP contribution in [0.4, 0.5) is 5.00 Å². The first-order valence-electron chi connectivity index (χ1n) is 11.3. The average Bonchev–Trinajstić information content (AvgIpc) is 3.38. The number of imide groups is 1. The van der Waals surface area contributed by atoms with Crippen molar-refractivity contribution in [2.45, 2.75) is 20.4 Å². The van der Waals surface area contributed by atoms with Crippen molar-refractivity contribution >= 4 is 40.0 Å². The number of benzene rings is 2. The highest BCUT2D eigenvalue weighted by Gasteiger charge is 2.35. The molecular formula is C26H24N2O7S. The Morgan fingerprint density at radius 1 is 0.889 bits per heavy atom. The molecule has 1 aliphatic rings. The quantitative estimate of drug-likeness (QED) is 0.324. The summed E-state index contributed by atoms with van der Waals surface area (Å²) in [5.41, 5.74) is 0.817. The Bertz CT molecular complexity index is 1260. The molecule has 9 nitrogen and oxygen atoms in total. The van der Waals surface area contributed by atoms with Gasteiger partial charge in [0.1, 0.15) is 16.5 Å². The zero-order valence-corrected chi connectivity index (χ0v) is 20.6. The number of fused-ring (bicyclic) bond motifs is 1. The third-order valence-electron chi connectivity index (χ3n) is 5.23. The number of anilines is 1. The minimum atomic E-state index is -0.620.